The Kier molecular flexibility index (Phi) is 6.74. The highest BCUT2D eigenvalue weighted by Crippen LogP contribution is 2.42. The molecule has 0 aliphatic carbocycles. The van der Waals surface area contributed by atoms with Crippen LogP contribution in [0.3, 0.4) is 0 Å². The first kappa shape index (κ1) is 22.3. The van der Waals surface area contributed by atoms with Gasteiger partial charge in [-0.15, -0.1) is 0 Å². The maximum atomic E-state index is 13.5. The number of carbonyl (C=O) groups excluding carboxylic acids is 2. The summed E-state index contributed by atoms with van der Waals surface area (Å²) in [6.07, 6.45) is 2.50. The number of hydrogen-bond acceptors (Lipinski definition) is 5. The zero-order valence-electron chi connectivity index (χ0n) is 18.5. The molecule has 32 heavy (non-hydrogen) atoms. The minimum atomic E-state index is -0.438. The lowest BCUT2D eigenvalue weighted by molar-refractivity contribution is -0.141. The molecule has 2 atom stereocenters. The van der Waals surface area contributed by atoms with Crippen LogP contribution in [0.1, 0.15) is 30.9 Å². The fourth-order valence-corrected chi connectivity index (χ4v) is 5.74. The molecule has 0 saturated carbocycles. The number of rotatable bonds is 7. The van der Waals surface area contributed by atoms with Crippen LogP contribution in [0.15, 0.2) is 65.2 Å². The van der Waals surface area contributed by atoms with Crippen molar-refractivity contribution in [2.75, 3.05) is 13.7 Å². The van der Waals surface area contributed by atoms with E-state index in [1.165, 1.54) is 11.8 Å². The standard InChI is InChI=1S/C25H29N3O3S/c1-17-22(23(26)29)32-25(28(17)16-19-7-4-3-5-8-19)27-14-6-9-20(24(27)30)15-18-10-12-21(31-2)13-11-18/h3-5,7-8,10-13,20,25H,6,9,14-16H2,1-2H3,(H2,26,29). The molecule has 2 aromatic carbocycles. The van der Waals surface area contributed by atoms with Gasteiger partial charge in [-0.05, 0) is 49.4 Å². The molecule has 2 aromatic rings. The van der Waals surface area contributed by atoms with E-state index in [9.17, 15) is 9.59 Å². The topological polar surface area (TPSA) is 75.9 Å². The Bertz CT molecular complexity index is 1010. The quantitative estimate of drug-likeness (QED) is 0.694. The normalized spacial score (nSPS) is 21.2. The minimum Gasteiger partial charge on any atom is -0.497 e. The number of likely N-dealkylation sites (tertiary alicyclic amines) is 1. The van der Waals surface area contributed by atoms with Crippen LogP contribution in [-0.2, 0) is 22.6 Å². The summed E-state index contributed by atoms with van der Waals surface area (Å²) in [6, 6.07) is 18.0. The Labute approximate surface area is 193 Å². The Morgan fingerprint density at radius 1 is 1.12 bits per heavy atom. The lowest BCUT2D eigenvalue weighted by atomic mass is 9.90. The van der Waals surface area contributed by atoms with Gasteiger partial charge in [-0.3, -0.25) is 9.59 Å². The number of methoxy groups -OCH3 is 1. The molecule has 2 unspecified atom stereocenters. The maximum absolute atomic E-state index is 13.5. The van der Waals surface area contributed by atoms with E-state index in [0.717, 1.165) is 35.4 Å². The van der Waals surface area contributed by atoms with Crippen LogP contribution < -0.4 is 10.5 Å². The highest BCUT2D eigenvalue weighted by atomic mass is 32.2. The van der Waals surface area contributed by atoms with Crippen molar-refractivity contribution in [2.24, 2.45) is 11.7 Å². The van der Waals surface area contributed by atoms with Crippen molar-refractivity contribution in [3.63, 3.8) is 0 Å². The Morgan fingerprint density at radius 2 is 1.84 bits per heavy atom. The molecule has 4 rings (SSSR count). The number of piperidine rings is 1. The van der Waals surface area contributed by atoms with Crippen LogP contribution in [0, 0.1) is 5.92 Å². The third-order valence-corrected chi connectivity index (χ3v) is 7.61. The molecule has 0 aromatic heterocycles. The van der Waals surface area contributed by atoms with Gasteiger partial charge in [0.25, 0.3) is 5.91 Å². The summed E-state index contributed by atoms with van der Waals surface area (Å²) in [5, 5.41) is 0. The number of hydrogen-bond donors (Lipinski definition) is 1. The molecule has 6 nitrogen and oxygen atoms in total. The lowest BCUT2D eigenvalue weighted by Gasteiger charge is -2.41. The van der Waals surface area contributed by atoms with Crippen LogP contribution in [0.25, 0.3) is 0 Å². The fourth-order valence-electron chi connectivity index (χ4n) is 4.43. The second-order valence-electron chi connectivity index (χ2n) is 8.26. The molecule has 2 aliphatic heterocycles. The van der Waals surface area contributed by atoms with Gasteiger partial charge in [0.2, 0.25) is 5.91 Å². The van der Waals surface area contributed by atoms with E-state index in [1.807, 2.05) is 54.3 Å². The van der Waals surface area contributed by atoms with Crippen LogP contribution in [0.4, 0.5) is 0 Å². The van der Waals surface area contributed by atoms with Gasteiger partial charge in [0, 0.05) is 24.7 Å². The summed E-state index contributed by atoms with van der Waals surface area (Å²) in [6.45, 7) is 3.22. The molecule has 168 valence electrons. The average molecular weight is 452 g/mol. The number of benzene rings is 2. The predicted molar refractivity (Wildman–Crippen MR) is 126 cm³/mol. The number of nitrogens with two attached hydrogens (primary N) is 1. The predicted octanol–water partition coefficient (Wildman–Crippen LogP) is 3.73. The smallest absolute Gasteiger partial charge is 0.257 e. The molecule has 2 N–H and O–H groups in total. The zero-order valence-corrected chi connectivity index (χ0v) is 19.3. The Morgan fingerprint density at radius 3 is 2.50 bits per heavy atom. The largest absolute Gasteiger partial charge is 0.497 e. The van der Waals surface area contributed by atoms with Crippen LogP contribution in [-0.4, -0.2) is 40.8 Å². The molecular formula is C25H29N3O3S. The number of amides is 2. The highest BCUT2D eigenvalue weighted by molar-refractivity contribution is 8.04. The third kappa shape index (κ3) is 4.63. The second kappa shape index (κ2) is 9.69. The number of primary amides is 1. The molecule has 0 spiro atoms. The summed E-state index contributed by atoms with van der Waals surface area (Å²) in [7, 11) is 1.65. The average Bonchev–Trinajstić information content (AvgIpc) is 3.12. The molecule has 0 bridgehead atoms. The van der Waals surface area contributed by atoms with Gasteiger partial charge in [0.05, 0.1) is 12.0 Å². The first-order chi connectivity index (χ1) is 15.5. The number of allylic oxidation sites excluding steroid dienone is 1. The minimum absolute atomic E-state index is 0.0748. The summed E-state index contributed by atoms with van der Waals surface area (Å²) in [5.74, 6) is 0.437. The number of nitrogens with zero attached hydrogens (tertiary/aromatic N) is 2. The van der Waals surface area contributed by atoms with Gasteiger partial charge in [0.15, 0.2) is 5.50 Å². The molecule has 1 saturated heterocycles. The highest BCUT2D eigenvalue weighted by Gasteiger charge is 2.41. The van der Waals surface area contributed by atoms with Gasteiger partial charge in [-0.25, -0.2) is 0 Å². The van der Waals surface area contributed by atoms with Crippen molar-refractivity contribution in [1.82, 2.24) is 9.80 Å². The fraction of sp³-hybridized carbons (Fsp3) is 0.360. The van der Waals surface area contributed by atoms with Crippen molar-refractivity contribution < 1.29 is 14.3 Å². The first-order valence-electron chi connectivity index (χ1n) is 10.9. The van der Waals surface area contributed by atoms with Crippen molar-refractivity contribution in [1.29, 1.82) is 0 Å². The molecule has 0 radical (unpaired) electrons. The van der Waals surface area contributed by atoms with Crippen molar-refractivity contribution in [3.8, 4) is 5.75 Å². The molecule has 2 amide bonds. The molecule has 7 heteroatoms. The number of thioether (sulfide) groups is 1. The Balaban J connectivity index is 1.54. The van der Waals surface area contributed by atoms with E-state index < -0.39 is 5.91 Å². The van der Waals surface area contributed by atoms with E-state index >= 15 is 0 Å². The van der Waals surface area contributed by atoms with Gasteiger partial charge < -0.3 is 20.3 Å². The number of carbonyl (C=O) groups is 2. The van der Waals surface area contributed by atoms with Gasteiger partial charge in [-0.2, -0.15) is 0 Å². The molecule has 1 fully saturated rings. The SMILES string of the molecule is COc1ccc(CC2CCCN(C3SC(C(N)=O)=C(C)N3Cc3ccccc3)C2=O)cc1. The van der Waals surface area contributed by atoms with Crippen molar-refractivity contribution >= 4 is 23.6 Å². The van der Waals surface area contributed by atoms with Crippen molar-refractivity contribution in [3.05, 3.63) is 76.3 Å². The van der Waals surface area contributed by atoms with Gasteiger partial charge >= 0.3 is 0 Å². The summed E-state index contributed by atoms with van der Waals surface area (Å²) < 4.78 is 5.24. The lowest BCUT2D eigenvalue weighted by Crippen LogP contribution is -2.51. The summed E-state index contributed by atoms with van der Waals surface area (Å²) in [5.41, 5.74) is 8.49. The number of ether oxygens (including phenoxy) is 1. The Hall–Kier alpha value is -2.93. The van der Waals surface area contributed by atoms with Crippen LogP contribution in [0.5, 0.6) is 5.75 Å². The van der Waals surface area contributed by atoms with E-state index in [-0.39, 0.29) is 17.3 Å². The van der Waals surface area contributed by atoms with E-state index in [2.05, 4.69) is 17.0 Å². The third-order valence-electron chi connectivity index (χ3n) is 6.16. The van der Waals surface area contributed by atoms with Gasteiger partial charge in [-0.1, -0.05) is 54.2 Å². The zero-order chi connectivity index (χ0) is 22.7. The maximum Gasteiger partial charge on any atom is 0.257 e. The van der Waals surface area contributed by atoms with E-state index in [1.54, 1.807) is 7.11 Å². The van der Waals surface area contributed by atoms with Gasteiger partial charge in [0.1, 0.15) is 5.75 Å². The molecule has 2 aliphatic rings. The first-order valence-corrected chi connectivity index (χ1v) is 11.8. The second-order valence-corrected chi connectivity index (χ2v) is 9.32. The summed E-state index contributed by atoms with van der Waals surface area (Å²) in [4.78, 5) is 30.2. The van der Waals surface area contributed by atoms with E-state index in [0.29, 0.717) is 24.4 Å². The molecular weight excluding hydrogens is 422 g/mol. The monoisotopic (exact) mass is 451 g/mol. The van der Waals surface area contributed by atoms with Crippen LogP contribution >= 0.6 is 11.8 Å². The molecule has 2 heterocycles. The van der Waals surface area contributed by atoms with E-state index in [4.69, 9.17) is 10.5 Å². The van der Waals surface area contributed by atoms with Crippen LogP contribution in [0.2, 0.25) is 0 Å². The van der Waals surface area contributed by atoms with Crippen molar-refractivity contribution in [2.45, 2.75) is 38.2 Å². The summed E-state index contributed by atoms with van der Waals surface area (Å²) >= 11 is 1.40.